The minimum Gasteiger partial charge on any atom is -0.445 e. The van der Waals surface area contributed by atoms with Crippen molar-refractivity contribution in [3.63, 3.8) is 0 Å². The van der Waals surface area contributed by atoms with Crippen molar-refractivity contribution in [3.05, 3.63) is 12.7 Å². The fourth-order valence-electron chi connectivity index (χ4n) is 0.720. The average molecular weight is 315 g/mol. The van der Waals surface area contributed by atoms with Crippen LogP contribution in [0.1, 0.15) is 0 Å². The largest absolute Gasteiger partial charge is 0.445 e. The summed E-state index contributed by atoms with van der Waals surface area (Å²) in [5.74, 6) is 0. The summed E-state index contributed by atoms with van der Waals surface area (Å²) in [4.78, 5) is 12.9. The highest BCUT2D eigenvalue weighted by atomic mass is 79.9. The van der Waals surface area contributed by atoms with Gasteiger partial charge in [0.05, 0.1) is 0 Å². The molecule has 0 fully saturated rings. The number of nitrogens with zero attached hydrogens (tertiary/aromatic N) is 1. The molecule has 13 heavy (non-hydrogen) atoms. The van der Waals surface area contributed by atoms with Gasteiger partial charge in [-0.25, -0.2) is 4.79 Å². The molecule has 0 aromatic rings. The Morgan fingerprint density at radius 3 is 2.31 bits per heavy atom. The van der Waals surface area contributed by atoms with E-state index in [-0.39, 0.29) is 12.7 Å². The van der Waals surface area contributed by atoms with E-state index in [9.17, 15) is 4.79 Å². The first-order valence-electron chi connectivity index (χ1n) is 3.90. The van der Waals surface area contributed by atoms with E-state index in [0.717, 1.165) is 10.7 Å². The fourth-order valence-corrected chi connectivity index (χ4v) is 1.58. The molecule has 0 saturated carbocycles. The number of ether oxygens (including phenoxy) is 1. The van der Waals surface area contributed by atoms with Gasteiger partial charge in [0.1, 0.15) is 6.61 Å². The lowest BCUT2D eigenvalue weighted by atomic mass is 10.5. The first-order valence-corrected chi connectivity index (χ1v) is 6.15. The highest BCUT2D eigenvalue weighted by Crippen LogP contribution is 1.98. The van der Waals surface area contributed by atoms with Gasteiger partial charge in [-0.1, -0.05) is 44.5 Å². The third kappa shape index (κ3) is 6.10. The lowest BCUT2D eigenvalue weighted by Gasteiger charge is -2.19. The number of hydrogen-bond donors (Lipinski definition) is 0. The summed E-state index contributed by atoms with van der Waals surface area (Å²) in [6.45, 7) is 5.04. The van der Waals surface area contributed by atoms with Gasteiger partial charge in [-0.2, -0.15) is 0 Å². The second-order valence-electron chi connectivity index (χ2n) is 2.23. The Morgan fingerprint density at radius 2 is 1.92 bits per heavy atom. The lowest BCUT2D eigenvalue weighted by molar-refractivity contribution is 0.117. The topological polar surface area (TPSA) is 29.5 Å². The Morgan fingerprint density at radius 1 is 1.38 bits per heavy atom. The number of carbonyl (C=O) groups is 1. The Balaban J connectivity index is 3.86. The highest BCUT2D eigenvalue weighted by molar-refractivity contribution is 9.09. The van der Waals surface area contributed by atoms with Gasteiger partial charge in [-0.3, -0.25) is 0 Å². The molecule has 0 aliphatic carbocycles. The summed E-state index contributed by atoms with van der Waals surface area (Å²) >= 11 is 6.54. The van der Waals surface area contributed by atoms with Gasteiger partial charge in [-0.15, -0.1) is 0 Å². The molecule has 0 bridgehead atoms. The number of amides is 1. The Labute approximate surface area is 95.4 Å². The van der Waals surface area contributed by atoms with Gasteiger partial charge >= 0.3 is 6.09 Å². The highest BCUT2D eigenvalue weighted by Gasteiger charge is 2.12. The molecule has 0 unspecified atom stereocenters. The molecule has 0 aromatic heterocycles. The molecule has 0 radical (unpaired) electrons. The van der Waals surface area contributed by atoms with Crippen LogP contribution in [0.15, 0.2) is 12.7 Å². The minimum absolute atomic E-state index is 0.264. The number of carbonyl (C=O) groups excluding carboxylic acids is 1. The molecule has 0 saturated heterocycles. The molecule has 0 N–H and O–H groups in total. The Kier molecular flexibility index (Phi) is 8.54. The van der Waals surface area contributed by atoms with Crippen LogP contribution in [0.4, 0.5) is 4.79 Å². The van der Waals surface area contributed by atoms with Gasteiger partial charge in [0, 0.05) is 23.7 Å². The molecule has 0 atom stereocenters. The quantitative estimate of drug-likeness (QED) is 0.556. The summed E-state index contributed by atoms with van der Waals surface area (Å²) in [6, 6.07) is 0. The standard InChI is InChI=1S/C8H13Br2NO2/c1-2-7-13-8(12)11(5-3-9)6-4-10/h2H,1,3-7H2. The van der Waals surface area contributed by atoms with E-state index in [1.807, 2.05) is 0 Å². The van der Waals surface area contributed by atoms with E-state index in [2.05, 4.69) is 38.4 Å². The number of hydrogen-bond acceptors (Lipinski definition) is 2. The van der Waals surface area contributed by atoms with Crippen molar-refractivity contribution < 1.29 is 9.53 Å². The number of halogens is 2. The summed E-state index contributed by atoms with van der Waals surface area (Å²) in [7, 11) is 0. The van der Waals surface area contributed by atoms with E-state index in [1.165, 1.54) is 0 Å². The zero-order valence-corrected chi connectivity index (χ0v) is 10.5. The molecule has 3 nitrogen and oxygen atoms in total. The average Bonchev–Trinajstić information content (AvgIpc) is 2.14. The first kappa shape index (κ1) is 13.0. The summed E-state index contributed by atoms with van der Waals surface area (Å²) in [5, 5.41) is 1.51. The summed E-state index contributed by atoms with van der Waals surface area (Å²) in [6.07, 6.45) is 1.26. The normalized spacial score (nSPS) is 9.38. The van der Waals surface area contributed by atoms with Crippen LogP contribution >= 0.6 is 31.9 Å². The fraction of sp³-hybridized carbons (Fsp3) is 0.625. The van der Waals surface area contributed by atoms with E-state index < -0.39 is 0 Å². The number of rotatable bonds is 6. The minimum atomic E-state index is -0.293. The second kappa shape index (κ2) is 8.56. The van der Waals surface area contributed by atoms with Crippen molar-refractivity contribution in [2.24, 2.45) is 0 Å². The molecular formula is C8H13Br2NO2. The van der Waals surface area contributed by atoms with Gasteiger partial charge in [0.2, 0.25) is 0 Å². The number of alkyl halides is 2. The molecule has 5 heteroatoms. The van der Waals surface area contributed by atoms with Crippen molar-refractivity contribution in [1.82, 2.24) is 4.90 Å². The second-order valence-corrected chi connectivity index (χ2v) is 3.82. The van der Waals surface area contributed by atoms with Crippen molar-refractivity contribution >= 4 is 38.0 Å². The van der Waals surface area contributed by atoms with Crippen LogP contribution in [-0.2, 0) is 4.74 Å². The Hall–Kier alpha value is -0.0300. The van der Waals surface area contributed by atoms with Crippen LogP contribution in [0.5, 0.6) is 0 Å². The van der Waals surface area contributed by atoms with Crippen molar-refractivity contribution in [1.29, 1.82) is 0 Å². The van der Waals surface area contributed by atoms with Crippen LogP contribution in [0.3, 0.4) is 0 Å². The molecule has 0 rings (SSSR count). The third-order valence-electron chi connectivity index (χ3n) is 1.29. The molecule has 0 aliphatic heterocycles. The van der Waals surface area contributed by atoms with Crippen molar-refractivity contribution in [3.8, 4) is 0 Å². The molecule has 0 aliphatic rings. The van der Waals surface area contributed by atoms with Gasteiger partial charge in [0.15, 0.2) is 0 Å². The van der Waals surface area contributed by atoms with Gasteiger partial charge < -0.3 is 9.64 Å². The van der Waals surface area contributed by atoms with Crippen LogP contribution in [0.25, 0.3) is 0 Å². The molecular weight excluding hydrogens is 302 g/mol. The monoisotopic (exact) mass is 313 g/mol. The maximum Gasteiger partial charge on any atom is 0.410 e. The molecule has 76 valence electrons. The third-order valence-corrected chi connectivity index (χ3v) is 2.00. The van der Waals surface area contributed by atoms with E-state index >= 15 is 0 Å². The van der Waals surface area contributed by atoms with E-state index in [1.54, 1.807) is 11.0 Å². The van der Waals surface area contributed by atoms with E-state index in [0.29, 0.717) is 13.1 Å². The smallest absolute Gasteiger partial charge is 0.410 e. The predicted octanol–water partition coefficient (Wildman–Crippen LogP) is 2.40. The zero-order valence-electron chi connectivity index (χ0n) is 7.34. The van der Waals surface area contributed by atoms with Crippen molar-refractivity contribution in [2.45, 2.75) is 0 Å². The van der Waals surface area contributed by atoms with Crippen LogP contribution < -0.4 is 0 Å². The molecule has 0 aromatic carbocycles. The maximum atomic E-state index is 11.3. The SMILES string of the molecule is C=CCOC(=O)N(CCBr)CCBr. The summed E-state index contributed by atoms with van der Waals surface area (Å²) < 4.78 is 4.89. The summed E-state index contributed by atoms with van der Waals surface area (Å²) in [5.41, 5.74) is 0. The zero-order chi connectivity index (χ0) is 10.1. The first-order chi connectivity index (χ1) is 6.26. The lowest BCUT2D eigenvalue weighted by Crippen LogP contribution is -2.34. The van der Waals surface area contributed by atoms with E-state index in [4.69, 9.17) is 4.74 Å². The van der Waals surface area contributed by atoms with Crippen molar-refractivity contribution in [2.75, 3.05) is 30.4 Å². The molecule has 1 amide bonds. The predicted molar refractivity (Wildman–Crippen MR) is 60.7 cm³/mol. The van der Waals surface area contributed by atoms with Crippen LogP contribution in [0.2, 0.25) is 0 Å². The van der Waals surface area contributed by atoms with Crippen LogP contribution in [-0.4, -0.2) is 41.3 Å². The Bertz CT molecular complexity index is 158. The van der Waals surface area contributed by atoms with Gasteiger partial charge in [-0.05, 0) is 0 Å². The van der Waals surface area contributed by atoms with Crippen LogP contribution in [0, 0.1) is 0 Å². The molecule has 0 heterocycles. The molecule has 0 spiro atoms. The maximum absolute atomic E-state index is 11.3. The van der Waals surface area contributed by atoms with Gasteiger partial charge in [0.25, 0.3) is 0 Å².